The molecule has 0 N–H and O–H groups in total. The van der Waals surface area contributed by atoms with Crippen LogP contribution in [0.4, 0.5) is 19.4 Å². The summed E-state index contributed by atoms with van der Waals surface area (Å²) in [7, 11) is 0. The van der Waals surface area contributed by atoms with Gasteiger partial charge in [-0.3, -0.25) is 4.90 Å². The third-order valence-corrected chi connectivity index (χ3v) is 7.36. The van der Waals surface area contributed by atoms with E-state index < -0.39 is 17.2 Å². The Balaban J connectivity index is 1.65. The molecule has 0 saturated carbocycles. The van der Waals surface area contributed by atoms with Crippen LogP contribution in [0, 0.1) is 17.6 Å². The van der Waals surface area contributed by atoms with Crippen LogP contribution in [0.1, 0.15) is 46.1 Å². The Bertz CT molecular complexity index is 1110. The maximum atomic E-state index is 15.0. The normalized spacial score (nSPS) is 26.8. The van der Waals surface area contributed by atoms with Crippen molar-refractivity contribution in [1.82, 2.24) is 14.9 Å². The van der Waals surface area contributed by atoms with Crippen LogP contribution in [0.15, 0.2) is 11.2 Å². The molecule has 1 aromatic heterocycles. The predicted molar refractivity (Wildman–Crippen MR) is 120 cm³/mol. The molecular weight excluding hydrogens is 434 g/mol. The molecule has 32 heavy (non-hydrogen) atoms. The quantitative estimate of drug-likeness (QED) is 0.449. The lowest BCUT2D eigenvalue weighted by molar-refractivity contribution is 0.00491. The Hall–Kier alpha value is -2.16. The summed E-state index contributed by atoms with van der Waals surface area (Å²) >= 11 is 1.34. The number of piperazine rings is 1. The number of carbonyl (C=O) groups excluding carboxylic acids is 1. The van der Waals surface area contributed by atoms with Crippen molar-refractivity contribution in [3.8, 4) is 0 Å². The second kappa shape index (κ2) is 7.43. The Kier molecular flexibility index (Phi) is 5.03. The summed E-state index contributed by atoms with van der Waals surface area (Å²) in [5.74, 6) is -0.610. The van der Waals surface area contributed by atoms with E-state index in [-0.39, 0.29) is 35.7 Å². The number of benzene rings is 1. The van der Waals surface area contributed by atoms with Crippen LogP contribution in [0.5, 0.6) is 0 Å². The van der Waals surface area contributed by atoms with E-state index in [1.54, 1.807) is 0 Å². The van der Waals surface area contributed by atoms with Gasteiger partial charge in [-0.2, -0.15) is 0 Å². The number of ether oxygens (including phenoxy) is 1. The van der Waals surface area contributed by atoms with E-state index in [2.05, 4.69) is 16.8 Å². The molecule has 2 bridgehead atoms. The number of hydrogen-bond acceptors (Lipinski definition) is 6. The molecule has 9 heteroatoms. The molecule has 1 aromatic carbocycles. The summed E-state index contributed by atoms with van der Waals surface area (Å²) in [4.78, 5) is 26.3. The fourth-order valence-electron chi connectivity index (χ4n) is 5.70. The van der Waals surface area contributed by atoms with Crippen LogP contribution in [0.2, 0.25) is 0 Å². The topological polar surface area (TPSA) is 58.6 Å². The Morgan fingerprint density at radius 2 is 1.97 bits per heavy atom. The molecule has 0 unspecified atom stereocenters. The van der Waals surface area contributed by atoms with E-state index in [4.69, 9.17) is 9.72 Å². The summed E-state index contributed by atoms with van der Waals surface area (Å²) < 4.78 is 35.5. The average Bonchev–Trinajstić information content (AvgIpc) is 2.95. The Morgan fingerprint density at radius 1 is 1.22 bits per heavy atom. The zero-order valence-electron chi connectivity index (χ0n) is 19.0. The van der Waals surface area contributed by atoms with E-state index >= 15 is 0 Å². The first-order valence-electron chi connectivity index (χ1n) is 11.1. The lowest BCUT2D eigenvalue weighted by atomic mass is 9.87. The highest BCUT2D eigenvalue weighted by Crippen LogP contribution is 2.46. The molecular formula is C23H28F2N4O2S. The van der Waals surface area contributed by atoms with Gasteiger partial charge < -0.3 is 9.64 Å². The van der Waals surface area contributed by atoms with Crippen molar-refractivity contribution >= 4 is 34.6 Å². The number of halogens is 2. The first-order valence-corrected chi connectivity index (χ1v) is 12.3. The largest absolute Gasteiger partial charge is 0.444 e. The first-order chi connectivity index (χ1) is 15.1. The Labute approximate surface area is 190 Å². The molecule has 4 heterocycles. The number of fused-ring (bicyclic) bond motifs is 5. The highest BCUT2D eigenvalue weighted by Gasteiger charge is 2.52. The number of nitrogens with zero attached hydrogens (tertiary/aromatic N) is 4. The number of rotatable bonds is 1. The van der Waals surface area contributed by atoms with Gasteiger partial charge in [-0.1, -0.05) is 18.7 Å². The molecule has 0 spiro atoms. The maximum Gasteiger partial charge on any atom is 0.410 e. The van der Waals surface area contributed by atoms with Gasteiger partial charge in [0.15, 0.2) is 11.0 Å². The fourth-order valence-corrected chi connectivity index (χ4v) is 6.06. The van der Waals surface area contributed by atoms with Crippen molar-refractivity contribution < 1.29 is 18.3 Å². The number of thioether (sulfide) groups is 1. The molecule has 0 radical (unpaired) electrons. The molecule has 2 aromatic rings. The van der Waals surface area contributed by atoms with Crippen molar-refractivity contribution in [3.05, 3.63) is 23.3 Å². The third-order valence-electron chi connectivity index (χ3n) is 6.82. The van der Waals surface area contributed by atoms with Crippen molar-refractivity contribution in [2.24, 2.45) is 5.92 Å². The summed E-state index contributed by atoms with van der Waals surface area (Å²) in [6.07, 6.45) is 3.71. The maximum absolute atomic E-state index is 15.0. The molecule has 0 aliphatic carbocycles. The van der Waals surface area contributed by atoms with Crippen LogP contribution in [0.3, 0.4) is 0 Å². The molecule has 3 aliphatic heterocycles. The molecule has 2 saturated heterocycles. The van der Waals surface area contributed by atoms with Gasteiger partial charge in [0.2, 0.25) is 0 Å². The van der Waals surface area contributed by atoms with E-state index in [1.807, 2.05) is 31.9 Å². The van der Waals surface area contributed by atoms with Crippen molar-refractivity contribution in [2.75, 3.05) is 17.7 Å². The second-order valence-electron chi connectivity index (χ2n) is 10.1. The fraction of sp³-hybridized carbons (Fsp3) is 0.609. The SMILES string of the molecule is CSc1nc2c3c(c(F)cc(F)c3n1)C[C@H](C)[C@H]1[C@@H]3CC[C@H](CN21)N3C(=O)OC(C)(C)C. The summed E-state index contributed by atoms with van der Waals surface area (Å²) in [5.41, 5.74) is 0.0576. The standard InChI is InChI=1S/C23H28F2N4O2S/c1-11-8-13-14(24)9-15(25)18-17(13)20(27-21(26-18)32-5)28-10-12-6-7-16(19(11)28)29(12)22(30)31-23(2,3)4/h9,11-12,16,19H,6-8,10H2,1-5H3/t11-,12+,16-,19-/m0/s1. The van der Waals surface area contributed by atoms with Crippen molar-refractivity contribution in [2.45, 2.75) is 75.8 Å². The molecule has 3 aliphatic rings. The number of hydrogen-bond donors (Lipinski definition) is 0. The first kappa shape index (κ1) is 21.7. The molecule has 172 valence electrons. The molecule has 2 fully saturated rings. The van der Waals surface area contributed by atoms with Crippen LogP contribution in [-0.2, 0) is 11.2 Å². The number of carbonyl (C=O) groups is 1. The minimum atomic E-state index is -0.665. The van der Waals surface area contributed by atoms with Gasteiger partial charge in [-0.15, -0.1) is 0 Å². The highest BCUT2D eigenvalue weighted by molar-refractivity contribution is 7.98. The van der Waals surface area contributed by atoms with Gasteiger partial charge in [0, 0.05) is 18.2 Å². The predicted octanol–water partition coefficient (Wildman–Crippen LogP) is 4.78. The molecule has 6 nitrogen and oxygen atoms in total. The van der Waals surface area contributed by atoms with Crippen molar-refractivity contribution in [1.29, 1.82) is 0 Å². The monoisotopic (exact) mass is 462 g/mol. The Morgan fingerprint density at radius 3 is 2.66 bits per heavy atom. The van der Waals surface area contributed by atoms with Gasteiger partial charge in [0.25, 0.3) is 0 Å². The zero-order chi connectivity index (χ0) is 22.9. The molecule has 4 atom stereocenters. The van der Waals surface area contributed by atoms with E-state index in [9.17, 15) is 13.6 Å². The number of amides is 1. The van der Waals surface area contributed by atoms with Gasteiger partial charge in [-0.25, -0.2) is 23.5 Å². The summed E-state index contributed by atoms with van der Waals surface area (Å²) in [6.45, 7) is 8.24. The summed E-state index contributed by atoms with van der Waals surface area (Å²) in [5, 5.41) is 0.930. The molecule has 5 rings (SSSR count). The van der Waals surface area contributed by atoms with E-state index in [0.29, 0.717) is 34.9 Å². The lowest BCUT2D eigenvalue weighted by Gasteiger charge is -2.49. The number of aromatic nitrogens is 2. The zero-order valence-corrected chi connectivity index (χ0v) is 19.8. The van der Waals surface area contributed by atoms with Crippen LogP contribution < -0.4 is 4.90 Å². The minimum absolute atomic E-state index is 0.0269. The highest BCUT2D eigenvalue weighted by atomic mass is 32.2. The van der Waals surface area contributed by atoms with Gasteiger partial charge in [0.05, 0.1) is 23.5 Å². The van der Waals surface area contributed by atoms with Gasteiger partial charge in [0.1, 0.15) is 22.8 Å². The second-order valence-corrected chi connectivity index (χ2v) is 10.9. The van der Waals surface area contributed by atoms with E-state index in [1.165, 1.54) is 11.8 Å². The minimum Gasteiger partial charge on any atom is -0.444 e. The third kappa shape index (κ3) is 3.31. The molecule has 1 amide bonds. The average molecular weight is 463 g/mol. The van der Waals surface area contributed by atoms with Crippen molar-refractivity contribution in [3.63, 3.8) is 0 Å². The van der Waals surface area contributed by atoms with Crippen LogP contribution >= 0.6 is 11.8 Å². The smallest absolute Gasteiger partial charge is 0.410 e. The van der Waals surface area contributed by atoms with Gasteiger partial charge >= 0.3 is 6.09 Å². The lowest BCUT2D eigenvalue weighted by Crippen LogP contribution is -2.63. The van der Waals surface area contributed by atoms with Crippen LogP contribution in [0.25, 0.3) is 10.9 Å². The van der Waals surface area contributed by atoms with Gasteiger partial charge in [-0.05, 0) is 52.2 Å². The summed E-state index contributed by atoms with van der Waals surface area (Å²) in [6, 6.07) is 0.780. The van der Waals surface area contributed by atoms with E-state index in [0.717, 1.165) is 18.9 Å². The van der Waals surface area contributed by atoms with Crippen LogP contribution in [-0.4, -0.2) is 57.5 Å². The number of anilines is 1.